The molecule has 0 aromatic carbocycles. The second kappa shape index (κ2) is 8.87. The summed E-state index contributed by atoms with van der Waals surface area (Å²) in [7, 11) is 0. The van der Waals surface area contributed by atoms with Crippen LogP contribution in [0, 0.1) is 0 Å². The minimum absolute atomic E-state index is 0. The SMILES string of the molecule is ClCCl.[Pd]. The van der Waals surface area contributed by atoms with E-state index in [-0.39, 0.29) is 25.8 Å². The maximum absolute atomic E-state index is 4.76. The normalized spacial score (nSPS) is 4.50. The van der Waals surface area contributed by atoms with Crippen LogP contribution in [0.3, 0.4) is 0 Å². The van der Waals surface area contributed by atoms with Crippen molar-refractivity contribution in [1.29, 1.82) is 0 Å². The van der Waals surface area contributed by atoms with E-state index < -0.39 is 0 Å². The molecule has 0 aliphatic carbocycles. The van der Waals surface area contributed by atoms with Gasteiger partial charge in [-0.25, -0.2) is 0 Å². The summed E-state index contributed by atoms with van der Waals surface area (Å²) in [5.74, 6) is 0. The summed E-state index contributed by atoms with van der Waals surface area (Å²) in [6.45, 7) is 0. The molecule has 0 atom stereocenters. The number of hydrogen-bond acceptors (Lipinski definition) is 0. The van der Waals surface area contributed by atoms with E-state index in [2.05, 4.69) is 0 Å². The zero-order valence-corrected chi connectivity index (χ0v) is 4.85. The second-order valence-electron chi connectivity index (χ2n) is 0.101. The zero-order chi connectivity index (χ0) is 2.71. The molecule has 0 aromatic rings. The smallest absolute Gasteiger partial charge is 0.0967 e. The Labute approximate surface area is 49.1 Å². The van der Waals surface area contributed by atoms with E-state index in [0.717, 1.165) is 0 Å². The van der Waals surface area contributed by atoms with E-state index in [9.17, 15) is 0 Å². The Balaban J connectivity index is 0. The van der Waals surface area contributed by atoms with Gasteiger partial charge in [0.2, 0.25) is 0 Å². The Morgan fingerprint density at radius 3 is 1.25 bits per heavy atom. The van der Waals surface area contributed by atoms with E-state index in [1.165, 1.54) is 0 Å². The molecule has 0 saturated heterocycles. The number of hydrogen-bond donors (Lipinski definition) is 0. The van der Waals surface area contributed by atoms with Crippen molar-refractivity contribution in [2.45, 2.75) is 0 Å². The molecule has 0 fully saturated rings. The van der Waals surface area contributed by atoms with Crippen LogP contribution in [0.25, 0.3) is 0 Å². The first-order valence-electron chi connectivity index (χ1n) is 0.535. The summed E-state index contributed by atoms with van der Waals surface area (Å²) < 4.78 is 0. The minimum Gasteiger partial charge on any atom is -0.109 e. The largest absolute Gasteiger partial charge is 0.109 e. The van der Waals surface area contributed by atoms with Crippen molar-refractivity contribution in [2.24, 2.45) is 0 Å². The molecule has 0 amide bonds. The van der Waals surface area contributed by atoms with E-state index >= 15 is 0 Å². The summed E-state index contributed by atoms with van der Waals surface area (Å²) in [6.07, 6.45) is 0. The standard InChI is InChI=1S/CH2Cl2.Pd/c2-1-3;/h1H2;. The maximum Gasteiger partial charge on any atom is 0.0967 e. The fourth-order valence-corrected chi connectivity index (χ4v) is 0. The summed E-state index contributed by atoms with van der Waals surface area (Å²) in [6, 6.07) is 0. The van der Waals surface area contributed by atoms with Crippen LogP contribution in [-0.4, -0.2) is 5.34 Å². The van der Waals surface area contributed by atoms with Gasteiger partial charge < -0.3 is 0 Å². The average Bonchev–Trinajstić information content (AvgIpc) is 0.918. The van der Waals surface area contributed by atoms with Gasteiger partial charge in [-0.2, -0.15) is 0 Å². The molecule has 3 heteroatoms. The molecule has 0 unspecified atom stereocenters. The van der Waals surface area contributed by atoms with Gasteiger partial charge in [0.05, 0.1) is 5.34 Å². The molecule has 0 aliphatic rings. The molecule has 0 bridgehead atoms. The van der Waals surface area contributed by atoms with Crippen LogP contribution in [0.15, 0.2) is 0 Å². The van der Waals surface area contributed by atoms with Crippen molar-refractivity contribution >= 4 is 23.2 Å². The fraction of sp³-hybridized carbons (Fsp3) is 1.00. The third kappa shape index (κ3) is 10.6. The molecule has 0 spiro atoms. The van der Waals surface area contributed by atoms with Gasteiger partial charge in [-0.15, -0.1) is 23.2 Å². The molecule has 0 radical (unpaired) electrons. The first-order chi connectivity index (χ1) is 1.41. The van der Waals surface area contributed by atoms with E-state index in [1.54, 1.807) is 0 Å². The minimum atomic E-state index is 0. The molecular weight excluding hydrogens is 189 g/mol. The van der Waals surface area contributed by atoms with Gasteiger partial charge in [-0.05, 0) is 0 Å². The van der Waals surface area contributed by atoms with Crippen molar-refractivity contribution in [3.63, 3.8) is 0 Å². The van der Waals surface area contributed by atoms with Gasteiger partial charge in [-0.3, -0.25) is 0 Å². The summed E-state index contributed by atoms with van der Waals surface area (Å²) >= 11 is 9.53. The van der Waals surface area contributed by atoms with Crippen molar-refractivity contribution in [1.82, 2.24) is 0 Å². The van der Waals surface area contributed by atoms with Crippen LogP contribution in [0.4, 0.5) is 0 Å². The van der Waals surface area contributed by atoms with Crippen LogP contribution in [0.2, 0.25) is 0 Å². The van der Waals surface area contributed by atoms with E-state index in [0.29, 0.717) is 0 Å². The van der Waals surface area contributed by atoms with Gasteiger partial charge in [0, 0.05) is 20.4 Å². The molecule has 0 N–H and O–H groups in total. The number of halogens is 2. The van der Waals surface area contributed by atoms with Crippen molar-refractivity contribution in [3.05, 3.63) is 0 Å². The van der Waals surface area contributed by atoms with Gasteiger partial charge >= 0.3 is 0 Å². The van der Waals surface area contributed by atoms with Crippen molar-refractivity contribution in [2.75, 3.05) is 5.34 Å². The molecule has 0 aromatic heterocycles. The number of alkyl halides is 2. The molecule has 4 heavy (non-hydrogen) atoms. The molecule has 0 heterocycles. The van der Waals surface area contributed by atoms with E-state index in [4.69, 9.17) is 23.2 Å². The molecule has 0 saturated carbocycles. The molecule has 0 nitrogen and oxygen atoms in total. The summed E-state index contributed by atoms with van der Waals surface area (Å²) in [4.78, 5) is 0. The van der Waals surface area contributed by atoms with Crippen LogP contribution in [-0.2, 0) is 20.4 Å². The van der Waals surface area contributed by atoms with Crippen LogP contribution in [0.1, 0.15) is 0 Å². The number of rotatable bonds is 0. The predicted octanol–water partition coefficient (Wildman–Crippen LogP) is 1.42. The predicted molar refractivity (Wildman–Crippen MR) is 16.6 cm³/mol. The first-order valence-corrected chi connectivity index (χ1v) is 1.60. The zero-order valence-electron chi connectivity index (χ0n) is 1.78. The quantitative estimate of drug-likeness (QED) is 0.401. The summed E-state index contributed by atoms with van der Waals surface area (Å²) in [5, 5.41) is 0.194. The molecule has 0 rings (SSSR count). The Bertz CT molecular complexity index is 6.00. The van der Waals surface area contributed by atoms with Gasteiger partial charge in [-0.1, -0.05) is 0 Å². The van der Waals surface area contributed by atoms with E-state index in [1.807, 2.05) is 0 Å². The van der Waals surface area contributed by atoms with Crippen LogP contribution in [0.5, 0.6) is 0 Å². The Hall–Kier alpha value is 1.24. The second-order valence-corrected chi connectivity index (χ2v) is 0.909. The monoisotopic (exact) mass is 190 g/mol. The van der Waals surface area contributed by atoms with Crippen molar-refractivity contribution in [3.8, 4) is 0 Å². The average molecular weight is 191 g/mol. The molecular formula is CH2Cl2Pd. The topological polar surface area (TPSA) is 0 Å². The van der Waals surface area contributed by atoms with Crippen LogP contribution >= 0.6 is 23.2 Å². The molecule has 30 valence electrons. The molecule has 0 aliphatic heterocycles. The third-order valence-corrected chi connectivity index (χ3v) is 0. The summed E-state index contributed by atoms with van der Waals surface area (Å²) in [5.41, 5.74) is 0. The Kier molecular flexibility index (Phi) is 19.9. The fourth-order valence-electron chi connectivity index (χ4n) is 0. The maximum atomic E-state index is 4.76. The van der Waals surface area contributed by atoms with Gasteiger partial charge in [0.15, 0.2) is 0 Å². The van der Waals surface area contributed by atoms with Gasteiger partial charge in [0.25, 0.3) is 0 Å². The van der Waals surface area contributed by atoms with Crippen molar-refractivity contribution < 1.29 is 20.4 Å². The Morgan fingerprint density at radius 2 is 1.25 bits per heavy atom. The van der Waals surface area contributed by atoms with Crippen LogP contribution < -0.4 is 0 Å². The third-order valence-electron chi connectivity index (χ3n) is 0. The van der Waals surface area contributed by atoms with Gasteiger partial charge in [0.1, 0.15) is 0 Å². The first kappa shape index (κ1) is 8.97. The Morgan fingerprint density at radius 1 is 1.25 bits per heavy atom.